The quantitative estimate of drug-likeness (QED) is 0.436. The first-order valence-electron chi connectivity index (χ1n) is 17.4. The first kappa shape index (κ1) is 34.0. The van der Waals surface area contributed by atoms with Gasteiger partial charge >= 0.3 is 12.2 Å². The van der Waals surface area contributed by atoms with Crippen LogP contribution in [0.4, 0.5) is 14.0 Å². The van der Waals surface area contributed by atoms with E-state index in [1.807, 2.05) is 20.8 Å². The highest BCUT2D eigenvalue weighted by atomic mass is 19.1. The number of nitrogens with one attached hydrogen (secondary N) is 2. The third-order valence-corrected chi connectivity index (χ3v) is 10.3. The summed E-state index contributed by atoms with van der Waals surface area (Å²) in [6.45, 7) is 12.6. The van der Waals surface area contributed by atoms with Crippen molar-refractivity contribution in [3.8, 4) is 0 Å². The van der Waals surface area contributed by atoms with E-state index in [9.17, 15) is 19.2 Å². The Labute approximate surface area is 277 Å². The monoisotopic (exact) mass is 661 g/mol. The normalized spacial score (nSPS) is 35.9. The van der Waals surface area contributed by atoms with Gasteiger partial charge in [-0.25, -0.2) is 14.0 Å². The number of nitrogens with zero attached hydrogens (tertiary/aromatic N) is 3. The van der Waals surface area contributed by atoms with Crippen LogP contribution in [0, 0.1) is 5.92 Å². The smallest absolute Gasteiger partial charge is 0.407 e. The molecule has 13 heteroatoms. The molecule has 12 nitrogen and oxygen atoms in total. The average Bonchev–Trinajstić information content (AvgIpc) is 3.61. The number of Topliss-reactive ketones (excluding diaryl/α,β-unsaturated/α-hetero) is 1. The molecular formula is C34H52FN5O7. The van der Waals surface area contributed by atoms with Gasteiger partial charge in [-0.15, -0.1) is 0 Å². The van der Waals surface area contributed by atoms with Gasteiger partial charge in [0.05, 0.1) is 41.9 Å². The van der Waals surface area contributed by atoms with Crippen LogP contribution in [-0.2, 0) is 23.8 Å². The zero-order valence-electron chi connectivity index (χ0n) is 28.6. The van der Waals surface area contributed by atoms with E-state index < -0.39 is 47.6 Å². The lowest BCUT2D eigenvalue weighted by atomic mass is 9.69. The van der Waals surface area contributed by atoms with Crippen LogP contribution >= 0.6 is 0 Å². The van der Waals surface area contributed by atoms with Crippen molar-refractivity contribution in [1.29, 1.82) is 0 Å². The van der Waals surface area contributed by atoms with Crippen LogP contribution in [0.3, 0.4) is 0 Å². The zero-order chi connectivity index (χ0) is 33.8. The molecule has 0 spiro atoms. The Hall–Kier alpha value is -2.93. The molecule has 0 aromatic carbocycles. The lowest BCUT2D eigenvalue weighted by Crippen LogP contribution is -2.73. The number of likely N-dealkylation sites (tertiary alicyclic amines) is 2. The third kappa shape index (κ3) is 7.25. The summed E-state index contributed by atoms with van der Waals surface area (Å²) in [6, 6.07) is -1.38. The highest BCUT2D eigenvalue weighted by Gasteiger charge is 2.60. The van der Waals surface area contributed by atoms with Crippen molar-refractivity contribution in [3.63, 3.8) is 0 Å². The largest absolute Gasteiger partial charge is 0.444 e. The van der Waals surface area contributed by atoms with Crippen molar-refractivity contribution < 1.29 is 37.8 Å². The molecule has 9 atom stereocenters. The van der Waals surface area contributed by atoms with Gasteiger partial charge in [-0.05, 0) is 73.6 Å². The fraction of sp³-hybridized carbons (Fsp3) is 0.824. The highest BCUT2D eigenvalue weighted by Crippen LogP contribution is 2.47. The van der Waals surface area contributed by atoms with E-state index in [-0.39, 0.29) is 60.5 Å². The number of amides is 3. The van der Waals surface area contributed by atoms with Gasteiger partial charge in [0.2, 0.25) is 0 Å². The van der Waals surface area contributed by atoms with Crippen LogP contribution < -0.4 is 10.6 Å². The number of ether oxygens (including phenoxy) is 3. The standard InChI is InChI=1S/C34H52FN5O7/c1-33(2,3)46-31(43)36-19-11-13-38(16-19)27-23(35)15-21-26-29(27)45-25-10-8-7-9-24(25)40(26)18-22(28(21)41)30(42)39-14-12-20(17-39)37-32(44)47-34(4,5)6/h18-21,23-27,29H,7-17H2,1-6H3,(H,36,43)(H,37,44). The zero-order valence-corrected chi connectivity index (χ0v) is 28.6. The maximum absolute atomic E-state index is 16.4. The summed E-state index contributed by atoms with van der Waals surface area (Å²) in [7, 11) is 0. The molecule has 2 N–H and O–H groups in total. The first-order valence-corrected chi connectivity index (χ1v) is 17.4. The topological polar surface area (TPSA) is 130 Å². The molecule has 3 amide bonds. The van der Waals surface area contributed by atoms with Crippen LogP contribution in [-0.4, -0.2) is 125 Å². The number of morpholine rings is 1. The van der Waals surface area contributed by atoms with Crippen LogP contribution in [0.2, 0.25) is 0 Å². The molecule has 0 bridgehead atoms. The Morgan fingerprint density at radius 2 is 1.49 bits per heavy atom. The summed E-state index contributed by atoms with van der Waals surface area (Å²) in [5.74, 6) is -1.39. The van der Waals surface area contributed by atoms with Crippen molar-refractivity contribution in [3.05, 3.63) is 11.8 Å². The number of carbonyl (C=O) groups excluding carboxylic acids is 4. The molecule has 9 unspecified atom stereocenters. The van der Waals surface area contributed by atoms with E-state index in [1.165, 1.54) is 0 Å². The second-order valence-corrected chi connectivity index (χ2v) is 16.2. The van der Waals surface area contributed by atoms with Gasteiger partial charge in [-0.1, -0.05) is 12.8 Å². The fourth-order valence-electron chi connectivity index (χ4n) is 8.51. The van der Waals surface area contributed by atoms with Crippen LogP contribution in [0.1, 0.15) is 86.5 Å². The van der Waals surface area contributed by atoms with Gasteiger partial charge in [-0.3, -0.25) is 14.5 Å². The Morgan fingerprint density at radius 3 is 2.15 bits per heavy atom. The predicted octanol–water partition coefficient (Wildman–Crippen LogP) is 3.28. The van der Waals surface area contributed by atoms with Crippen molar-refractivity contribution >= 4 is 23.9 Å². The molecular weight excluding hydrogens is 609 g/mol. The van der Waals surface area contributed by atoms with Gasteiger partial charge in [0.15, 0.2) is 5.78 Å². The van der Waals surface area contributed by atoms with Crippen molar-refractivity contribution in [2.45, 2.75) is 146 Å². The van der Waals surface area contributed by atoms with Crippen molar-refractivity contribution in [2.24, 2.45) is 5.92 Å². The molecule has 47 heavy (non-hydrogen) atoms. The number of carbonyl (C=O) groups is 4. The number of ketones is 1. The fourth-order valence-corrected chi connectivity index (χ4v) is 8.51. The molecule has 6 aliphatic rings. The summed E-state index contributed by atoms with van der Waals surface area (Å²) in [6.07, 6.45) is 3.72. The lowest BCUT2D eigenvalue weighted by Gasteiger charge is -2.60. The minimum Gasteiger partial charge on any atom is -0.444 e. The van der Waals surface area contributed by atoms with Gasteiger partial charge in [0.25, 0.3) is 5.91 Å². The lowest BCUT2D eigenvalue weighted by molar-refractivity contribution is -0.210. The molecule has 0 radical (unpaired) electrons. The Bertz CT molecular complexity index is 1280. The molecule has 3 saturated heterocycles. The van der Waals surface area contributed by atoms with Gasteiger partial charge in [0, 0.05) is 44.3 Å². The minimum absolute atomic E-state index is 0.00994. The Morgan fingerprint density at radius 1 is 0.872 bits per heavy atom. The number of alkyl halides is 1. The summed E-state index contributed by atoms with van der Waals surface area (Å²) in [4.78, 5) is 58.7. The second-order valence-electron chi connectivity index (χ2n) is 16.2. The summed E-state index contributed by atoms with van der Waals surface area (Å²) < 4.78 is 34.0. The number of fused-ring (bicyclic) bond motifs is 2. The first-order chi connectivity index (χ1) is 22.1. The molecule has 2 aliphatic carbocycles. The van der Waals surface area contributed by atoms with Gasteiger partial charge < -0.3 is 34.6 Å². The van der Waals surface area contributed by atoms with E-state index in [1.54, 1.807) is 31.9 Å². The molecule has 0 aromatic rings. The summed E-state index contributed by atoms with van der Waals surface area (Å²) >= 11 is 0. The third-order valence-electron chi connectivity index (χ3n) is 10.3. The molecule has 262 valence electrons. The molecule has 4 heterocycles. The van der Waals surface area contributed by atoms with Crippen LogP contribution in [0.25, 0.3) is 0 Å². The SMILES string of the molecule is CC(C)(C)OC(=O)NC1CCN(C(=O)C2=CN3C4CCCCC4OC4C(N5CCC(NC(=O)OC(C)(C)C)C5)C(F)CC(C2=O)C43)C1. The number of rotatable bonds is 4. The number of hydrogen-bond acceptors (Lipinski definition) is 9. The molecule has 6 rings (SSSR count). The second kappa shape index (κ2) is 12.8. The average molecular weight is 662 g/mol. The maximum atomic E-state index is 16.4. The van der Waals surface area contributed by atoms with E-state index in [2.05, 4.69) is 20.4 Å². The maximum Gasteiger partial charge on any atom is 0.407 e. The number of alkyl carbamates (subject to hydrolysis) is 2. The molecule has 4 aliphatic heterocycles. The minimum atomic E-state index is -1.34. The van der Waals surface area contributed by atoms with Crippen molar-refractivity contribution in [1.82, 2.24) is 25.3 Å². The number of hydrogen-bond donors (Lipinski definition) is 2. The van der Waals surface area contributed by atoms with Gasteiger partial charge in [-0.2, -0.15) is 0 Å². The van der Waals surface area contributed by atoms with E-state index in [4.69, 9.17) is 14.2 Å². The highest BCUT2D eigenvalue weighted by molar-refractivity contribution is 6.20. The molecule has 0 aromatic heterocycles. The van der Waals surface area contributed by atoms with E-state index in [0.717, 1.165) is 25.7 Å². The van der Waals surface area contributed by atoms with E-state index in [0.29, 0.717) is 32.5 Å². The Balaban J connectivity index is 1.19. The van der Waals surface area contributed by atoms with E-state index >= 15 is 4.39 Å². The predicted molar refractivity (Wildman–Crippen MR) is 170 cm³/mol. The number of halogens is 1. The molecule has 2 saturated carbocycles. The van der Waals surface area contributed by atoms with Crippen molar-refractivity contribution in [2.75, 3.05) is 26.2 Å². The summed E-state index contributed by atoms with van der Waals surface area (Å²) in [5.41, 5.74) is -1.15. The molecule has 5 fully saturated rings. The summed E-state index contributed by atoms with van der Waals surface area (Å²) in [5, 5.41) is 5.78. The van der Waals surface area contributed by atoms with Gasteiger partial charge in [0.1, 0.15) is 17.4 Å². The Kier molecular flexibility index (Phi) is 9.27. The van der Waals surface area contributed by atoms with Crippen LogP contribution in [0.5, 0.6) is 0 Å². The van der Waals surface area contributed by atoms with Crippen LogP contribution in [0.15, 0.2) is 11.8 Å².